The molecule has 0 N–H and O–H groups in total. The maximum Gasteiger partial charge on any atom is 0.258 e. The summed E-state index contributed by atoms with van der Waals surface area (Å²) in [6.07, 6.45) is 3.79. The highest BCUT2D eigenvalue weighted by Crippen LogP contribution is 2.29. The van der Waals surface area contributed by atoms with E-state index < -0.39 is 0 Å². The van der Waals surface area contributed by atoms with Crippen molar-refractivity contribution in [2.45, 2.75) is 38.6 Å². The van der Waals surface area contributed by atoms with Gasteiger partial charge in [-0.1, -0.05) is 43.3 Å². The number of benzene rings is 1. The van der Waals surface area contributed by atoms with E-state index in [1.807, 2.05) is 17.0 Å². The number of amides is 1. The fourth-order valence-corrected chi connectivity index (χ4v) is 3.34. The number of rotatable bonds is 5. The van der Waals surface area contributed by atoms with Crippen LogP contribution in [-0.2, 0) is 11.3 Å². The van der Waals surface area contributed by atoms with Crippen molar-refractivity contribution >= 4 is 5.91 Å². The molecule has 1 saturated heterocycles. The molecular formula is C21H22N4O2. The van der Waals surface area contributed by atoms with Gasteiger partial charge in [0.15, 0.2) is 5.82 Å². The van der Waals surface area contributed by atoms with Crippen LogP contribution in [0.4, 0.5) is 0 Å². The molecule has 4 rings (SSSR count). The molecule has 0 aliphatic carbocycles. The summed E-state index contributed by atoms with van der Waals surface area (Å²) in [7, 11) is 0. The molecule has 1 aromatic carbocycles. The Morgan fingerprint density at radius 3 is 2.59 bits per heavy atom. The summed E-state index contributed by atoms with van der Waals surface area (Å²) in [5.41, 5.74) is 3.27. The van der Waals surface area contributed by atoms with Crippen molar-refractivity contribution < 1.29 is 9.32 Å². The predicted molar refractivity (Wildman–Crippen MR) is 101 cm³/mol. The molecule has 1 aliphatic heterocycles. The maximum absolute atomic E-state index is 12.4. The molecule has 1 fully saturated rings. The maximum atomic E-state index is 12.4. The molecule has 3 heterocycles. The first-order valence-corrected chi connectivity index (χ1v) is 9.21. The molecule has 1 amide bonds. The van der Waals surface area contributed by atoms with Crippen LogP contribution in [0.5, 0.6) is 0 Å². The highest BCUT2D eigenvalue weighted by atomic mass is 16.5. The van der Waals surface area contributed by atoms with E-state index in [4.69, 9.17) is 4.52 Å². The Bertz CT molecular complexity index is 919. The molecule has 1 unspecified atom stereocenters. The molecule has 2 aromatic heterocycles. The Morgan fingerprint density at radius 2 is 1.89 bits per heavy atom. The third kappa shape index (κ3) is 3.74. The zero-order valence-electron chi connectivity index (χ0n) is 15.5. The molecule has 6 heteroatoms. The van der Waals surface area contributed by atoms with E-state index in [1.165, 1.54) is 5.56 Å². The minimum absolute atomic E-state index is 0.0354. The van der Waals surface area contributed by atoms with Gasteiger partial charge in [-0.15, -0.1) is 0 Å². The second-order valence-corrected chi connectivity index (χ2v) is 7.27. The Hall–Kier alpha value is -3.02. The normalized spacial score (nSPS) is 17.1. The zero-order chi connectivity index (χ0) is 18.8. The Morgan fingerprint density at radius 1 is 1.15 bits per heavy atom. The van der Waals surface area contributed by atoms with Crippen LogP contribution in [0.3, 0.4) is 0 Å². The highest BCUT2D eigenvalue weighted by Gasteiger charge is 2.33. The van der Waals surface area contributed by atoms with Gasteiger partial charge in [-0.3, -0.25) is 9.78 Å². The molecule has 138 valence electrons. The van der Waals surface area contributed by atoms with Gasteiger partial charge in [-0.25, -0.2) is 0 Å². The van der Waals surface area contributed by atoms with E-state index in [2.05, 4.69) is 53.2 Å². The summed E-state index contributed by atoms with van der Waals surface area (Å²) < 4.78 is 5.37. The van der Waals surface area contributed by atoms with Gasteiger partial charge in [-0.2, -0.15) is 4.98 Å². The molecule has 0 radical (unpaired) electrons. The largest absolute Gasteiger partial charge is 0.338 e. The van der Waals surface area contributed by atoms with Crippen LogP contribution >= 0.6 is 0 Å². The van der Waals surface area contributed by atoms with Crippen LogP contribution in [0.25, 0.3) is 11.5 Å². The quantitative estimate of drug-likeness (QED) is 0.691. The van der Waals surface area contributed by atoms with Gasteiger partial charge in [0.05, 0.1) is 0 Å². The Balaban J connectivity index is 1.44. The van der Waals surface area contributed by atoms with Crippen LogP contribution in [0.2, 0.25) is 0 Å². The first-order chi connectivity index (χ1) is 13.1. The number of pyridine rings is 1. The van der Waals surface area contributed by atoms with Gasteiger partial charge < -0.3 is 9.42 Å². The predicted octanol–water partition coefficient (Wildman–Crippen LogP) is 3.77. The van der Waals surface area contributed by atoms with Crippen LogP contribution in [0, 0.1) is 0 Å². The first-order valence-electron chi connectivity index (χ1n) is 9.21. The third-order valence-corrected chi connectivity index (χ3v) is 4.97. The van der Waals surface area contributed by atoms with E-state index in [9.17, 15) is 4.79 Å². The van der Waals surface area contributed by atoms with E-state index in [-0.39, 0.29) is 11.8 Å². The zero-order valence-corrected chi connectivity index (χ0v) is 15.5. The molecule has 6 nitrogen and oxygen atoms in total. The van der Waals surface area contributed by atoms with Crippen LogP contribution in [0.1, 0.15) is 49.1 Å². The van der Waals surface area contributed by atoms with Crippen molar-refractivity contribution in [2.24, 2.45) is 0 Å². The second-order valence-electron chi connectivity index (χ2n) is 7.27. The standard InChI is InChI=1S/C21H22N4O2/c1-14(2)16-5-3-15(4-6-16)12-25-13-18(11-19(25)26)20-23-21(27-24-20)17-7-9-22-10-8-17/h3-10,14,18H,11-13H2,1-2H3. The van der Waals surface area contributed by atoms with Gasteiger partial charge in [0.1, 0.15) is 0 Å². The first kappa shape index (κ1) is 17.4. The third-order valence-electron chi connectivity index (χ3n) is 4.97. The van der Waals surface area contributed by atoms with Crippen LogP contribution < -0.4 is 0 Å². The summed E-state index contributed by atoms with van der Waals surface area (Å²) in [4.78, 5) is 22.8. The van der Waals surface area contributed by atoms with Crippen LogP contribution in [0.15, 0.2) is 53.3 Å². The van der Waals surface area contributed by atoms with Gasteiger partial charge in [0, 0.05) is 43.4 Å². The molecule has 0 saturated carbocycles. The van der Waals surface area contributed by atoms with Gasteiger partial charge in [0.2, 0.25) is 5.91 Å². The summed E-state index contributed by atoms with van der Waals surface area (Å²) in [6, 6.07) is 12.1. The number of nitrogens with zero attached hydrogens (tertiary/aromatic N) is 4. The highest BCUT2D eigenvalue weighted by molar-refractivity contribution is 5.79. The molecule has 1 atom stereocenters. The average molecular weight is 362 g/mol. The molecule has 0 bridgehead atoms. The lowest BCUT2D eigenvalue weighted by Gasteiger charge is -2.16. The lowest BCUT2D eigenvalue weighted by Crippen LogP contribution is -2.24. The monoisotopic (exact) mass is 362 g/mol. The number of hydrogen-bond donors (Lipinski definition) is 0. The van der Waals surface area contributed by atoms with Crippen molar-refractivity contribution in [3.8, 4) is 11.5 Å². The van der Waals surface area contributed by atoms with Gasteiger partial charge in [-0.05, 0) is 29.2 Å². The summed E-state index contributed by atoms with van der Waals surface area (Å²) in [6.45, 7) is 5.58. The minimum Gasteiger partial charge on any atom is -0.338 e. The van der Waals surface area contributed by atoms with Crippen molar-refractivity contribution in [2.75, 3.05) is 6.54 Å². The fraction of sp³-hybridized carbons (Fsp3) is 0.333. The Labute approximate surface area is 158 Å². The van der Waals surface area contributed by atoms with Crippen molar-refractivity contribution in [3.05, 3.63) is 65.7 Å². The van der Waals surface area contributed by atoms with Crippen LogP contribution in [-0.4, -0.2) is 32.5 Å². The van der Waals surface area contributed by atoms with E-state index in [0.29, 0.717) is 37.1 Å². The molecule has 1 aliphatic rings. The smallest absolute Gasteiger partial charge is 0.258 e. The van der Waals surface area contributed by atoms with Crippen molar-refractivity contribution in [1.82, 2.24) is 20.0 Å². The molecule has 0 spiro atoms. The summed E-state index contributed by atoms with van der Waals surface area (Å²) in [5, 5.41) is 4.10. The number of carbonyl (C=O) groups is 1. The minimum atomic E-state index is -0.0354. The summed E-state index contributed by atoms with van der Waals surface area (Å²) in [5.74, 6) is 1.65. The number of likely N-dealkylation sites (tertiary alicyclic amines) is 1. The van der Waals surface area contributed by atoms with Crippen molar-refractivity contribution in [3.63, 3.8) is 0 Å². The van der Waals surface area contributed by atoms with E-state index in [1.54, 1.807) is 12.4 Å². The second kappa shape index (κ2) is 7.31. The number of aromatic nitrogens is 3. The lowest BCUT2D eigenvalue weighted by molar-refractivity contribution is -0.128. The molecule has 3 aromatic rings. The SMILES string of the molecule is CC(C)c1ccc(CN2CC(c3noc(-c4ccncc4)n3)CC2=O)cc1. The Kier molecular flexibility index (Phi) is 4.71. The summed E-state index contributed by atoms with van der Waals surface area (Å²) >= 11 is 0. The molecule has 27 heavy (non-hydrogen) atoms. The molecular weight excluding hydrogens is 340 g/mol. The van der Waals surface area contributed by atoms with Crippen molar-refractivity contribution in [1.29, 1.82) is 0 Å². The number of carbonyl (C=O) groups excluding carboxylic acids is 1. The lowest BCUT2D eigenvalue weighted by atomic mass is 10.0. The van der Waals surface area contributed by atoms with Gasteiger partial charge >= 0.3 is 0 Å². The van der Waals surface area contributed by atoms with E-state index >= 15 is 0 Å². The topological polar surface area (TPSA) is 72.1 Å². The van der Waals surface area contributed by atoms with E-state index in [0.717, 1.165) is 11.1 Å². The fourth-order valence-electron chi connectivity index (χ4n) is 3.34. The van der Waals surface area contributed by atoms with Gasteiger partial charge in [0.25, 0.3) is 5.89 Å². The number of hydrogen-bond acceptors (Lipinski definition) is 5. The average Bonchev–Trinajstić information content (AvgIpc) is 3.30.